The molecule has 7 atom stereocenters. The number of carboxylic acids is 9. The fourth-order valence-corrected chi connectivity index (χ4v) is 12.4. The molecule has 10 amide bonds. The van der Waals surface area contributed by atoms with E-state index in [1.807, 2.05) is 71.1 Å². The van der Waals surface area contributed by atoms with Crippen LogP contribution in [0.15, 0.2) is 89.5 Å². The lowest BCUT2D eigenvalue weighted by Crippen LogP contribution is -2.61. The Kier molecular flexibility index (Phi) is 34.4. The fourth-order valence-electron chi connectivity index (χ4n) is 11.6. The highest BCUT2D eigenvalue weighted by molar-refractivity contribution is 7.19. The van der Waals surface area contributed by atoms with E-state index in [0.29, 0.717) is 38.3 Å². The molecular formula is C75H85N13O29S. The fraction of sp³-hybridized carbons (Fsp3) is 0.373. The number of aromatic nitrogens is 1. The molecule has 0 radical (unpaired) electrons. The van der Waals surface area contributed by atoms with Crippen LogP contribution in [0.4, 0.5) is 10.8 Å². The molecule has 0 saturated heterocycles. The number of amides is 10. The van der Waals surface area contributed by atoms with Crippen LogP contribution in [0.25, 0.3) is 43.9 Å². The van der Waals surface area contributed by atoms with Crippen molar-refractivity contribution in [3.05, 3.63) is 107 Å². The Labute approximate surface area is 672 Å². The number of thiazole rings is 1. The molecule has 118 heavy (non-hydrogen) atoms. The first kappa shape index (κ1) is 92.6. The van der Waals surface area contributed by atoms with E-state index in [0.717, 1.165) is 28.4 Å². The summed E-state index contributed by atoms with van der Waals surface area (Å²) in [6, 6.07) is 4.94. The van der Waals surface area contributed by atoms with Gasteiger partial charge in [0.1, 0.15) is 67.7 Å². The number of carboxylic acid groups (broad SMARTS) is 9. The highest BCUT2D eigenvalue weighted by Gasteiger charge is 2.38. The summed E-state index contributed by atoms with van der Waals surface area (Å²) in [5.41, 5.74) is 2.74. The van der Waals surface area contributed by atoms with Crippen LogP contribution in [0.5, 0.6) is 0 Å². The van der Waals surface area contributed by atoms with Gasteiger partial charge >= 0.3 is 47.8 Å². The van der Waals surface area contributed by atoms with Gasteiger partial charge in [-0.05, 0) is 85.7 Å². The van der Waals surface area contributed by atoms with Crippen molar-refractivity contribution in [2.24, 2.45) is 0 Å². The Morgan fingerprint density at radius 2 is 0.932 bits per heavy atom. The van der Waals surface area contributed by atoms with Crippen molar-refractivity contribution in [1.82, 2.24) is 57.4 Å². The maximum Gasteiger partial charge on any atom is 0.335 e. The summed E-state index contributed by atoms with van der Waals surface area (Å²) in [6.07, 6.45) is -7.44. The SMILES string of the molecule is CN(C)c1ccc2c(-c3ccc(C(=O)NCCCC[C@@H](NC(=O)[C@@H](CC(=O)O)NC(=O)[C@@H](CC(=O)O)NC(=O)[C@@H](CC(=O)O)NC(=O)[C@@H](CC(=O)O)NC(=O)[C@@H](CC(=O)O)NC(=O)[C@@H](CC(=O)O)NC(=O)CCCCCNC(=O)CCC(=O)Nc4ncc(-c5ccc(C(=O)O)cc5)s4)C(=O)O)cc3C(=O)[O-])c3ccc(=[N+](C)C)cc-3oc2c1. The van der Waals surface area contributed by atoms with E-state index in [4.69, 9.17) is 9.52 Å². The second-order valence-corrected chi connectivity index (χ2v) is 28.0. The monoisotopic (exact) mass is 1660 g/mol. The van der Waals surface area contributed by atoms with E-state index in [1.165, 1.54) is 30.5 Å². The number of unbranched alkanes of at least 4 members (excludes halogenated alkanes) is 3. The number of aromatic carboxylic acids is 2. The van der Waals surface area contributed by atoms with E-state index in [9.17, 15) is 132 Å². The summed E-state index contributed by atoms with van der Waals surface area (Å²) in [5, 5.41) is 113. The summed E-state index contributed by atoms with van der Waals surface area (Å²) in [4.78, 5) is 249. The number of benzene rings is 4. The molecule has 0 unspecified atom stereocenters. The Balaban J connectivity index is 1.01. The third-order valence-electron chi connectivity index (χ3n) is 17.6. The first-order chi connectivity index (χ1) is 55.7. The van der Waals surface area contributed by atoms with Crippen LogP contribution < -0.4 is 73.1 Å². The smallest absolute Gasteiger partial charge is 0.335 e. The van der Waals surface area contributed by atoms with Gasteiger partial charge in [0, 0.05) is 98.1 Å². The second kappa shape index (κ2) is 43.8. The molecule has 0 spiro atoms. The standard InChI is InChI=1S/C75H85N13O29S/c1-87(2)39-17-20-42-52(27-39)117-53-28-40(88(3)4)18-21-43(53)64(42)41-19-16-38(26-44(41)73(113)114)65(104)77-25-9-7-10-45(74(115)116)80-67(106)47(30-59(94)95)82-69(108)49(32-61(98)99)84-71(110)51(34-63(102)103)85-70(109)50(33-62(100)101)83-68(107)48(31-60(96)97)81-66(105)46(29-58(92)93)79-56(90)11-6-5-8-24-76-55(89)22-23-57(91)86-75-78-35-54(118-75)36-12-14-37(15-13-36)72(111)112/h12-21,26-28,35,45-51H,5-11,22-25,29-34H2,1-4H3,(H18-,76,77,78,79,80,81,82,83,84,85,86,89,90,91,92,93,94,95,96,97,98,99,100,101,102,103,104,105,106,107,108,109,110,111,112,113,114,115,116)/t45-,46-,47-,48-,49-,50-,51-/m1/s1. The quantitative estimate of drug-likeness (QED) is 0.0121. The summed E-state index contributed by atoms with van der Waals surface area (Å²) in [6.45, 7) is -0.0645. The van der Waals surface area contributed by atoms with Gasteiger partial charge in [-0.15, -0.1) is 0 Å². The van der Waals surface area contributed by atoms with Gasteiger partial charge in [-0.3, -0.25) is 76.7 Å². The summed E-state index contributed by atoms with van der Waals surface area (Å²) in [7, 11) is 7.33. The molecule has 42 nitrogen and oxygen atoms in total. The van der Waals surface area contributed by atoms with Crippen molar-refractivity contribution in [3.8, 4) is 32.9 Å². The molecule has 6 rings (SSSR count). The van der Waals surface area contributed by atoms with Gasteiger partial charge in [0.2, 0.25) is 58.5 Å². The van der Waals surface area contributed by atoms with Crippen LogP contribution in [0, 0.1) is 0 Å². The van der Waals surface area contributed by atoms with Crippen molar-refractivity contribution >= 4 is 146 Å². The van der Waals surface area contributed by atoms with Crippen molar-refractivity contribution in [2.45, 2.75) is 139 Å². The average Bonchev–Trinajstić information content (AvgIpc) is 0.881. The molecule has 1 aliphatic carbocycles. The highest BCUT2D eigenvalue weighted by atomic mass is 32.1. The zero-order valence-corrected chi connectivity index (χ0v) is 64.4. The number of hydrogen-bond donors (Lipinski definition) is 18. The van der Waals surface area contributed by atoms with Gasteiger partial charge in [0.25, 0.3) is 5.91 Å². The number of aliphatic carboxylic acids is 7. The third kappa shape index (κ3) is 28.7. The lowest BCUT2D eigenvalue weighted by atomic mass is 9.89. The minimum atomic E-state index is -2.46. The van der Waals surface area contributed by atoms with Gasteiger partial charge in [0.05, 0.1) is 61.0 Å². The first-order valence-electron chi connectivity index (χ1n) is 36.0. The molecule has 2 aliphatic rings. The molecule has 2 heterocycles. The first-order valence-corrected chi connectivity index (χ1v) is 36.8. The molecule has 0 bridgehead atoms. The topological polar surface area (TPSA) is 662 Å². The van der Waals surface area contributed by atoms with Crippen LogP contribution in [0.1, 0.15) is 127 Å². The Morgan fingerprint density at radius 1 is 0.475 bits per heavy atom. The van der Waals surface area contributed by atoms with Crippen LogP contribution >= 0.6 is 11.3 Å². The number of carbonyl (C=O) groups is 19. The van der Waals surface area contributed by atoms with Crippen molar-refractivity contribution in [2.75, 3.05) is 51.5 Å². The lowest BCUT2D eigenvalue weighted by Gasteiger charge is -2.26. The third-order valence-corrected chi connectivity index (χ3v) is 18.5. The van der Waals surface area contributed by atoms with Gasteiger partial charge in [0.15, 0.2) is 5.13 Å². The molecule has 43 heteroatoms. The zero-order valence-electron chi connectivity index (χ0n) is 63.5. The number of nitrogens with zero attached hydrogens (tertiary/aromatic N) is 3. The van der Waals surface area contributed by atoms with E-state index < -0.39 is 200 Å². The zero-order chi connectivity index (χ0) is 87.4. The highest BCUT2D eigenvalue weighted by Crippen LogP contribution is 2.42. The van der Waals surface area contributed by atoms with Gasteiger partial charge in [-0.1, -0.05) is 36.0 Å². The number of carbonyl (C=O) groups excluding carboxylic acids is 11. The molecule has 18 N–H and O–H groups in total. The minimum Gasteiger partial charge on any atom is -0.545 e. The average molecular weight is 1660 g/mol. The molecular weight excluding hydrogens is 1580 g/mol. The summed E-state index contributed by atoms with van der Waals surface area (Å²) in [5.74, 6) is -27.6. The van der Waals surface area contributed by atoms with Gasteiger partial charge in [-0.25, -0.2) is 19.1 Å². The van der Waals surface area contributed by atoms with Crippen LogP contribution in [-0.4, -0.2) is 242 Å². The van der Waals surface area contributed by atoms with E-state index in [-0.39, 0.29) is 91.8 Å². The summed E-state index contributed by atoms with van der Waals surface area (Å²) < 4.78 is 8.20. The molecule has 1 aromatic heterocycles. The molecule has 1 aliphatic heterocycles. The molecule has 0 fully saturated rings. The number of anilines is 2. The maximum atomic E-state index is 13.8. The second-order valence-electron chi connectivity index (χ2n) is 27.0. The largest absolute Gasteiger partial charge is 0.545 e. The number of fused-ring (bicyclic) bond motifs is 2. The minimum absolute atomic E-state index is 0.0110. The predicted octanol–water partition coefficient (Wildman–Crippen LogP) is -1.19. The predicted molar refractivity (Wildman–Crippen MR) is 409 cm³/mol. The normalized spacial score (nSPS) is 12.7. The van der Waals surface area contributed by atoms with Crippen molar-refractivity contribution < 1.29 is 141 Å². The van der Waals surface area contributed by atoms with E-state index >= 15 is 0 Å². The molecule has 0 saturated carbocycles. The number of rotatable bonds is 47. The Morgan fingerprint density at radius 3 is 1.40 bits per heavy atom. The molecule has 4 aromatic rings. The van der Waals surface area contributed by atoms with Crippen molar-refractivity contribution in [1.29, 1.82) is 0 Å². The van der Waals surface area contributed by atoms with Gasteiger partial charge < -0.3 is 113 Å². The number of nitrogens with one attached hydrogen (secondary N) is 10. The van der Waals surface area contributed by atoms with Crippen molar-refractivity contribution in [3.63, 3.8) is 0 Å². The van der Waals surface area contributed by atoms with E-state index in [1.54, 1.807) is 47.0 Å². The van der Waals surface area contributed by atoms with Crippen LogP contribution in [-0.2, 0) is 76.7 Å². The number of hydrogen-bond acceptors (Lipinski definition) is 24. The van der Waals surface area contributed by atoms with Crippen LogP contribution in [0.3, 0.4) is 0 Å². The molecule has 630 valence electrons. The Hall–Kier alpha value is -14.3. The lowest BCUT2D eigenvalue weighted by molar-refractivity contribution is -0.255. The van der Waals surface area contributed by atoms with Crippen LogP contribution in [0.2, 0.25) is 0 Å². The summed E-state index contributed by atoms with van der Waals surface area (Å²) >= 11 is 1.12. The Bertz CT molecular complexity index is 4900. The van der Waals surface area contributed by atoms with Gasteiger partial charge in [-0.2, -0.15) is 0 Å². The van der Waals surface area contributed by atoms with E-state index in [2.05, 4.69) is 26.3 Å². The molecule has 3 aromatic carbocycles. The maximum absolute atomic E-state index is 13.8.